The Bertz CT molecular complexity index is 1110. The van der Waals surface area contributed by atoms with Gasteiger partial charge >= 0.3 is 0 Å². The maximum absolute atomic E-state index is 14.1. The van der Waals surface area contributed by atoms with Gasteiger partial charge in [-0.3, -0.25) is 0 Å². The van der Waals surface area contributed by atoms with E-state index in [0.717, 1.165) is 23.3 Å². The molecule has 0 aliphatic heterocycles. The smallest absolute Gasteiger partial charge is 0.149 e. The number of fused-ring (bicyclic) bond motifs is 1. The molecule has 0 fully saturated rings. The number of rotatable bonds is 8. The summed E-state index contributed by atoms with van der Waals surface area (Å²) in [7, 11) is 0. The number of nitrogens with one attached hydrogen (secondary N) is 1. The molecule has 0 saturated carbocycles. The SMILES string of the molecule is C=C(/C=C(C)\C=C/C)Oc1ccc(CCNc2ncnc3c(F)ccc(F)c23)cc1. The molecule has 1 heterocycles. The van der Waals surface area contributed by atoms with Crippen molar-refractivity contribution in [3.05, 3.63) is 96.1 Å². The van der Waals surface area contributed by atoms with Gasteiger partial charge in [0.15, 0.2) is 0 Å². The molecule has 0 bridgehead atoms. The maximum atomic E-state index is 14.1. The highest BCUT2D eigenvalue weighted by Crippen LogP contribution is 2.24. The van der Waals surface area contributed by atoms with Crippen LogP contribution in [0.5, 0.6) is 5.75 Å². The van der Waals surface area contributed by atoms with Gasteiger partial charge in [-0.2, -0.15) is 0 Å². The molecule has 0 aliphatic carbocycles. The van der Waals surface area contributed by atoms with E-state index in [9.17, 15) is 8.78 Å². The average molecular weight is 407 g/mol. The van der Waals surface area contributed by atoms with Crippen LogP contribution in [-0.2, 0) is 6.42 Å². The third-order valence-electron chi connectivity index (χ3n) is 4.38. The van der Waals surface area contributed by atoms with Gasteiger partial charge in [-0.05, 0) is 61.7 Å². The zero-order valence-electron chi connectivity index (χ0n) is 17.0. The van der Waals surface area contributed by atoms with Crippen LogP contribution in [0.1, 0.15) is 19.4 Å². The summed E-state index contributed by atoms with van der Waals surface area (Å²) in [6.07, 6.45) is 7.69. The minimum absolute atomic E-state index is 0.0343. The molecule has 30 heavy (non-hydrogen) atoms. The highest BCUT2D eigenvalue weighted by Gasteiger charge is 2.12. The molecule has 0 saturated heterocycles. The summed E-state index contributed by atoms with van der Waals surface area (Å²) >= 11 is 0. The van der Waals surface area contributed by atoms with Crippen molar-refractivity contribution in [1.29, 1.82) is 0 Å². The van der Waals surface area contributed by atoms with E-state index < -0.39 is 11.6 Å². The van der Waals surface area contributed by atoms with Gasteiger partial charge < -0.3 is 10.1 Å². The zero-order chi connectivity index (χ0) is 21.5. The van der Waals surface area contributed by atoms with E-state index in [2.05, 4.69) is 21.9 Å². The first kappa shape index (κ1) is 21.2. The second-order valence-corrected chi connectivity index (χ2v) is 6.75. The van der Waals surface area contributed by atoms with Gasteiger partial charge in [0.25, 0.3) is 0 Å². The third-order valence-corrected chi connectivity index (χ3v) is 4.38. The molecule has 1 aromatic heterocycles. The molecule has 154 valence electrons. The van der Waals surface area contributed by atoms with E-state index in [1.807, 2.05) is 56.3 Å². The Morgan fingerprint density at radius 2 is 1.83 bits per heavy atom. The molecule has 0 amide bonds. The molecule has 0 atom stereocenters. The summed E-state index contributed by atoms with van der Waals surface area (Å²) in [5.74, 6) is 0.391. The van der Waals surface area contributed by atoms with Crippen LogP contribution in [0.15, 0.2) is 78.9 Å². The number of aromatic nitrogens is 2. The number of nitrogens with zero attached hydrogens (tertiary/aromatic N) is 2. The molecule has 6 heteroatoms. The van der Waals surface area contributed by atoms with Gasteiger partial charge in [-0.1, -0.05) is 30.9 Å². The Balaban J connectivity index is 1.60. The average Bonchev–Trinajstić information content (AvgIpc) is 2.72. The first-order valence-electron chi connectivity index (χ1n) is 9.57. The molecule has 3 rings (SSSR count). The Morgan fingerprint density at radius 3 is 2.57 bits per heavy atom. The predicted octanol–water partition coefficient (Wildman–Crippen LogP) is 5.98. The number of hydrogen-bond acceptors (Lipinski definition) is 4. The maximum Gasteiger partial charge on any atom is 0.149 e. The quantitative estimate of drug-likeness (QED) is 0.369. The molecule has 0 spiro atoms. The van der Waals surface area contributed by atoms with Crippen molar-refractivity contribution in [2.75, 3.05) is 11.9 Å². The second-order valence-electron chi connectivity index (χ2n) is 6.75. The molecule has 4 nitrogen and oxygen atoms in total. The van der Waals surface area contributed by atoms with Crippen molar-refractivity contribution in [1.82, 2.24) is 9.97 Å². The van der Waals surface area contributed by atoms with Gasteiger partial charge in [0.1, 0.15) is 40.8 Å². The molecule has 1 N–H and O–H groups in total. The minimum Gasteiger partial charge on any atom is -0.458 e. The predicted molar refractivity (Wildman–Crippen MR) is 116 cm³/mol. The molecule has 0 radical (unpaired) electrons. The standard InChI is InChI=1S/C24H23F2N3O/c1-4-5-16(2)14-17(3)30-19-8-6-18(7-9-19)12-13-27-24-22-20(25)10-11-21(26)23(22)28-15-29-24/h4-11,14-15H,3,12-13H2,1-2H3,(H,27,28,29)/b5-4-,16-14-. The van der Waals surface area contributed by atoms with Gasteiger partial charge in [0.05, 0.1) is 5.39 Å². The van der Waals surface area contributed by atoms with Crippen molar-refractivity contribution in [3.8, 4) is 5.75 Å². The third kappa shape index (κ3) is 5.29. The van der Waals surface area contributed by atoms with Gasteiger partial charge in [-0.15, -0.1) is 0 Å². The van der Waals surface area contributed by atoms with E-state index in [1.165, 1.54) is 6.33 Å². The fraction of sp³-hybridized carbons (Fsp3) is 0.167. The van der Waals surface area contributed by atoms with E-state index in [0.29, 0.717) is 24.5 Å². The number of halogens is 2. The van der Waals surface area contributed by atoms with Crippen LogP contribution < -0.4 is 10.1 Å². The lowest BCUT2D eigenvalue weighted by atomic mass is 10.1. The lowest BCUT2D eigenvalue weighted by Crippen LogP contribution is -2.08. The highest BCUT2D eigenvalue weighted by molar-refractivity contribution is 5.89. The summed E-state index contributed by atoms with van der Waals surface area (Å²) in [5.41, 5.74) is 2.08. The van der Waals surface area contributed by atoms with Crippen LogP contribution in [0.2, 0.25) is 0 Å². The molecule has 0 unspecified atom stereocenters. The Hall–Kier alpha value is -3.54. The summed E-state index contributed by atoms with van der Waals surface area (Å²) in [5, 5.41) is 3.12. The number of benzene rings is 2. The minimum atomic E-state index is -0.579. The Morgan fingerprint density at radius 1 is 1.10 bits per heavy atom. The van der Waals surface area contributed by atoms with Crippen molar-refractivity contribution in [3.63, 3.8) is 0 Å². The van der Waals surface area contributed by atoms with E-state index in [-0.39, 0.29) is 16.7 Å². The summed E-state index contributed by atoms with van der Waals surface area (Å²) in [4.78, 5) is 7.89. The van der Waals surface area contributed by atoms with Crippen molar-refractivity contribution in [2.45, 2.75) is 20.3 Å². The number of ether oxygens (including phenoxy) is 1. The van der Waals surface area contributed by atoms with Crippen LogP contribution in [0.3, 0.4) is 0 Å². The van der Waals surface area contributed by atoms with Gasteiger partial charge in [-0.25, -0.2) is 18.7 Å². The topological polar surface area (TPSA) is 47.0 Å². The molecular formula is C24H23F2N3O. The monoisotopic (exact) mass is 407 g/mol. The van der Waals surface area contributed by atoms with Crippen molar-refractivity contribution < 1.29 is 13.5 Å². The fourth-order valence-corrected chi connectivity index (χ4v) is 3.03. The van der Waals surface area contributed by atoms with Crippen LogP contribution in [0, 0.1) is 11.6 Å². The van der Waals surface area contributed by atoms with Crippen LogP contribution >= 0.6 is 0 Å². The fourth-order valence-electron chi connectivity index (χ4n) is 3.03. The number of allylic oxidation sites excluding steroid dienone is 4. The van der Waals surface area contributed by atoms with Crippen molar-refractivity contribution in [2.24, 2.45) is 0 Å². The molecule has 0 aliphatic rings. The highest BCUT2D eigenvalue weighted by atomic mass is 19.1. The van der Waals surface area contributed by atoms with Crippen LogP contribution in [0.4, 0.5) is 14.6 Å². The first-order valence-corrected chi connectivity index (χ1v) is 9.57. The van der Waals surface area contributed by atoms with E-state index in [1.54, 1.807) is 0 Å². The largest absolute Gasteiger partial charge is 0.458 e. The summed E-state index contributed by atoms with van der Waals surface area (Å²) in [6.45, 7) is 8.34. The Labute approximate surface area is 174 Å². The summed E-state index contributed by atoms with van der Waals surface area (Å²) < 4.78 is 33.7. The number of anilines is 1. The first-order chi connectivity index (χ1) is 14.5. The van der Waals surface area contributed by atoms with Gasteiger partial charge in [0, 0.05) is 6.54 Å². The zero-order valence-corrected chi connectivity index (χ0v) is 17.0. The normalized spacial score (nSPS) is 11.8. The summed E-state index contributed by atoms with van der Waals surface area (Å²) in [6, 6.07) is 9.78. The van der Waals surface area contributed by atoms with E-state index in [4.69, 9.17) is 4.74 Å². The van der Waals surface area contributed by atoms with Gasteiger partial charge in [0.2, 0.25) is 0 Å². The van der Waals surface area contributed by atoms with Crippen molar-refractivity contribution >= 4 is 16.7 Å². The molecular weight excluding hydrogens is 384 g/mol. The van der Waals surface area contributed by atoms with Crippen LogP contribution in [-0.4, -0.2) is 16.5 Å². The van der Waals surface area contributed by atoms with Crippen LogP contribution in [0.25, 0.3) is 10.9 Å². The molecule has 3 aromatic rings. The lowest BCUT2D eigenvalue weighted by Gasteiger charge is -2.10. The molecule has 2 aromatic carbocycles. The number of hydrogen-bond donors (Lipinski definition) is 1. The lowest BCUT2D eigenvalue weighted by molar-refractivity contribution is 0.446. The Kier molecular flexibility index (Phi) is 6.91. The van der Waals surface area contributed by atoms with E-state index >= 15 is 0 Å². The second kappa shape index (κ2) is 9.78.